The van der Waals surface area contributed by atoms with Gasteiger partial charge in [0.15, 0.2) is 0 Å². The van der Waals surface area contributed by atoms with Crippen molar-refractivity contribution in [3.05, 3.63) is 41.7 Å². The number of anilines is 1. The summed E-state index contributed by atoms with van der Waals surface area (Å²) < 4.78 is 2.03. The molecule has 0 atom stereocenters. The summed E-state index contributed by atoms with van der Waals surface area (Å²) in [6, 6.07) is 6.19. The predicted octanol–water partition coefficient (Wildman–Crippen LogP) is 3.21. The summed E-state index contributed by atoms with van der Waals surface area (Å²) >= 11 is 1.67. The largest absolute Gasteiger partial charge is 0.391 e. The Morgan fingerprint density at radius 3 is 3.12 bits per heavy atom. The summed E-state index contributed by atoms with van der Waals surface area (Å²) in [5.41, 5.74) is 9.29. The summed E-state index contributed by atoms with van der Waals surface area (Å²) in [4.78, 5) is 5.58. The molecule has 3 aromatic rings. The second kappa shape index (κ2) is 3.89. The minimum atomic E-state index is 0.877. The van der Waals surface area contributed by atoms with Crippen LogP contribution in [0.25, 0.3) is 16.8 Å². The Morgan fingerprint density at radius 1 is 1.41 bits per heavy atom. The van der Waals surface area contributed by atoms with E-state index in [9.17, 15) is 0 Å². The van der Waals surface area contributed by atoms with E-state index >= 15 is 0 Å². The number of rotatable bonds is 2. The minimum Gasteiger partial charge on any atom is -0.391 e. The molecule has 0 spiro atoms. The number of nitrogen functional groups attached to an aromatic ring is 1. The number of fused-ring (bicyclic) bond motifs is 1. The number of nitrogens with zero attached hydrogens (tertiary/aromatic N) is 2. The first-order chi connectivity index (χ1) is 8.28. The molecule has 86 valence electrons. The van der Waals surface area contributed by atoms with Gasteiger partial charge in [0.25, 0.3) is 0 Å². The molecule has 0 bridgehead atoms. The van der Waals surface area contributed by atoms with Crippen molar-refractivity contribution in [2.75, 3.05) is 5.73 Å². The molecule has 0 aliphatic heterocycles. The second-order valence-corrected chi connectivity index (χ2v) is 5.12. The molecule has 3 heterocycles. The Bertz CT molecular complexity index is 666. The third kappa shape index (κ3) is 1.70. The highest BCUT2D eigenvalue weighted by Gasteiger charge is 2.08. The van der Waals surface area contributed by atoms with E-state index in [1.54, 1.807) is 11.3 Å². The van der Waals surface area contributed by atoms with Gasteiger partial charge in [-0.2, -0.15) is 0 Å². The molecule has 3 nitrogen and oxygen atoms in total. The monoisotopic (exact) mass is 243 g/mol. The van der Waals surface area contributed by atoms with Gasteiger partial charge in [0.1, 0.15) is 5.65 Å². The Kier molecular flexibility index (Phi) is 2.37. The zero-order chi connectivity index (χ0) is 11.8. The molecule has 2 N–H and O–H groups in total. The maximum Gasteiger partial charge on any atom is 0.136 e. The summed E-state index contributed by atoms with van der Waals surface area (Å²) in [6.45, 7) is 2.16. The van der Waals surface area contributed by atoms with Crippen LogP contribution in [0, 0.1) is 0 Å². The van der Waals surface area contributed by atoms with Crippen LogP contribution in [0.3, 0.4) is 0 Å². The van der Waals surface area contributed by atoms with Crippen molar-refractivity contribution in [2.45, 2.75) is 13.3 Å². The molecule has 0 aliphatic rings. The van der Waals surface area contributed by atoms with Crippen LogP contribution in [0.4, 0.5) is 5.00 Å². The topological polar surface area (TPSA) is 43.3 Å². The van der Waals surface area contributed by atoms with Crippen molar-refractivity contribution >= 4 is 22.0 Å². The molecule has 4 heteroatoms. The van der Waals surface area contributed by atoms with Crippen LogP contribution in [0.2, 0.25) is 0 Å². The number of nitrogens with two attached hydrogens (primary N) is 1. The lowest BCUT2D eigenvalue weighted by atomic mass is 10.1. The van der Waals surface area contributed by atoms with Crippen molar-refractivity contribution in [2.24, 2.45) is 0 Å². The Balaban J connectivity index is 2.18. The third-order valence-electron chi connectivity index (χ3n) is 2.85. The standard InChI is InChI=1S/C13H13N3S/c1-2-11-10(7-12(14)17-11)9-3-4-13-15-5-6-16(13)8-9/h3-8H,2,14H2,1H3. The molecule has 3 rings (SSSR count). The van der Waals surface area contributed by atoms with Crippen molar-refractivity contribution in [1.82, 2.24) is 9.38 Å². The molecule has 0 amide bonds. The van der Waals surface area contributed by atoms with E-state index in [4.69, 9.17) is 5.73 Å². The molecule has 0 unspecified atom stereocenters. The van der Waals surface area contributed by atoms with Gasteiger partial charge in [-0.15, -0.1) is 11.3 Å². The van der Waals surface area contributed by atoms with Crippen molar-refractivity contribution in [3.63, 3.8) is 0 Å². The number of imidazole rings is 1. The molecule has 0 saturated carbocycles. The highest BCUT2D eigenvalue weighted by atomic mass is 32.1. The molecule has 0 aromatic carbocycles. The van der Waals surface area contributed by atoms with Gasteiger partial charge >= 0.3 is 0 Å². The van der Waals surface area contributed by atoms with Gasteiger partial charge in [0.05, 0.1) is 5.00 Å². The zero-order valence-corrected chi connectivity index (χ0v) is 10.4. The average molecular weight is 243 g/mol. The van der Waals surface area contributed by atoms with E-state index in [-0.39, 0.29) is 0 Å². The Hall–Kier alpha value is -1.81. The number of thiophene rings is 1. The predicted molar refractivity (Wildman–Crippen MR) is 72.3 cm³/mol. The molecular weight excluding hydrogens is 230 g/mol. The molecule has 0 saturated heterocycles. The summed E-state index contributed by atoms with van der Waals surface area (Å²) in [7, 11) is 0. The van der Waals surface area contributed by atoms with Crippen molar-refractivity contribution < 1.29 is 0 Å². The van der Waals surface area contributed by atoms with Crippen LogP contribution in [-0.4, -0.2) is 9.38 Å². The number of hydrogen-bond donors (Lipinski definition) is 1. The van der Waals surface area contributed by atoms with Gasteiger partial charge in [-0.3, -0.25) is 0 Å². The fourth-order valence-electron chi connectivity index (χ4n) is 2.04. The molecule has 17 heavy (non-hydrogen) atoms. The number of aromatic nitrogens is 2. The van der Waals surface area contributed by atoms with Gasteiger partial charge in [-0.25, -0.2) is 4.98 Å². The number of aryl methyl sites for hydroxylation is 1. The first-order valence-electron chi connectivity index (χ1n) is 5.59. The zero-order valence-electron chi connectivity index (χ0n) is 9.55. The van der Waals surface area contributed by atoms with Crippen LogP contribution in [0.15, 0.2) is 36.8 Å². The SMILES string of the molecule is CCc1sc(N)cc1-c1ccc2nccn2c1. The van der Waals surface area contributed by atoms with E-state index in [1.165, 1.54) is 16.0 Å². The fourth-order valence-corrected chi connectivity index (χ4v) is 2.93. The summed E-state index contributed by atoms with van der Waals surface area (Å²) in [5, 5.41) is 0.877. The van der Waals surface area contributed by atoms with Gasteiger partial charge < -0.3 is 10.1 Å². The van der Waals surface area contributed by atoms with Crippen LogP contribution < -0.4 is 5.73 Å². The third-order valence-corrected chi connectivity index (χ3v) is 3.96. The van der Waals surface area contributed by atoms with Gasteiger partial charge in [0.2, 0.25) is 0 Å². The maximum absolute atomic E-state index is 5.88. The van der Waals surface area contributed by atoms with E-state index < -0.39 is 0 Å². The first-order valence-corrected chi connectivity index (χ1v) is 6.41. The van der Waals surface area contributed by atoms with Gasteiger partial charge in [-0.05, 0) is 35.7 Å². The van der Waals surface area contributed by atoms with Crippen molar-refractivity contribution in [3.8, 4) is 11.1 Å². The fraction of sp³-hybridized carbons (Fsp3) is 0.154. The van der Waals surface area contributed by atoms with E-state index in [0.29, 0.717) is 0 Å². The molecule has 0 aliphatic carbocycles. The lowest BCUT2D eigenvalue weighted by Crippen LogP contribution is -1.86. The first kappa shape index (κ1) is 10.4. The van der Waals surface area contributed by atoms with Gasteiger partial charge in [0, 0.05) is 23.5 Å². The number of pyridine rings is 1. The average Bonchev–Trinajstić information content (AvgIpc) is 2.93. The lowest BCUT2D eigenvalue weighted by molar-refractivity contribution is 1.17. The second-order valence-electron chi connectivity index (χ2n) is 3.95. The molecule has 3 aromatic heterocycles. The highest BCUT2D eigenvalue weighted by Crippen LogP contribution is 2.33. The van der Waals surface area contributed by atoms with E-state index in [2.05, 4.69) is 30.2 Å². The minimum absolute atomic E-state index is 0.877. The summed E-state index contributed by atoms with van der Waals surface area (Å²) in [6.07, 6.45) is 6.88. The molecule has 0 fully saturated rings. The Morgan fingerprint density at radius 2 is 2.29 bits per heavy atom. The van der Waals surface area contributed by atoms with E-state index in [0.717, 1.165) is 17.1 Å². The van der Waals surface area contributed by atoms with Gasteiger partial charge in [-0.1, -0.05) is 6.92 Å². The quantitative estimate of drug-likeness (QED) is 0.751. The Labute approximate surface area is 104 Å². The molecular formula is C13H13N3S. The van der Waals surface area contributed by atoms with E-state index in [1.807, 2.05) is 22.9 Å². The number of hydrogen-bond acceptors (Lipinski definition) is 3. The van der Waals surface area contributed by atoms with Crippen LogP contribution >= 0.6 is 11.3 Å². The van der Waals surface area contributed by atoms with Crippen LogP contribution in [0.1, 0.15) is 11.8 Å². The van der Waals surface area contributed by atoms with Crippen LogP contribution in [-0.2, 0) is 6.42 Å². The smallest absolute Gasteiger partial charge is 0.136 e. The maximum atomic E-state index is 5.88. The van der Waals surface area contributed by atoms with Crippen molar-refractivity contribution in [1.29, 1.82) is 0 Å². The lowest BCUT2D eigenvalue weighted by Gasteiger charge is -2.02. The molecule has 0 radical (unpaired) electrons. The normalized spacial score (nSPS) is 11.1. The van der Waals surface area contributed by atoms with Crippen LogP contribution in [0.5, 0.6) is 0 Å². The highest BCUT2D eigenvalue weighted by molar-refractivity contribution is 7.16. The summed E-state index contributed by atoms with van der Waals surface area (Å²) in [5.74, 6) is 0.